The summed E-state index contributed by atoms with van der Waals surface area (Å²) in [6.07, 6.45) is 3.07. The van der Waals surface area contributed by atoms with E-state index < -0.39 is 11.7 Å². The first kappa shape index (κ1) is 16.6. The summed E-state index contributed by atoms with van der Waals surface area (Å²) in [6.45, 7) is 6.30. The van der Waals surface area contributed by atoms with E-state index in [4.69, 9.17) is 10.00 Å². The van der Waals surface area contributed by atoms with Crippen LogP contribution in [0, 0.1) is 11.3 Å². The summed E-state index contributed by atoms with van der Waals surface area (Å²) in [7, 11) is 0. The van der Waals surface area contributed by atoms with Gasteiger partial charge in [0.15, 0.2) is 0 Å². The van der Waals surface area contributed by atoms with Crippen molar-refractivity contribution >= 4 is 6.09 Å². The second-order valence-electron chi connectivity index (χ2n) is 6.17. The molecule has 0 spiro atoms. The van der Waals surface area contributed by atoms with Crippen LogP contribution in [0.25, 0.3) is 0 Å². The van der Waals surface area contributed by atoms with Crippen molar-refractivity contribution in [2.24, 2.45) is 0 Å². The van der Waals surface area contributed by atoms with Crippen molar-refractivity contribution < 1.29 is 9.53 Å². The SMILES string of the molecule is CC(C)(C)OC(=O)NCc1cnn(Cc2ccccc2C#N)c1. The van der Waals surface area contributed by atoms with Gasteiger partial charge in [-0.2, -0.15) is 10.4 Å². The van der Waals surface area contributed by atoms with E-state index >= 15 is 0 Å². The van der Waals surface area contributed by atoms with Crippen LogP contribution in [-0.4, -0.2) is 21.5 Å². The lowest BCUT2D eigenvalue weighted by molar-refractivity contribution is 0.0523. The number of ether oxygens (including phenoxy) is 1. The van der Waals surface area contributed by atoms with Crippen molar-refractivity contribution in [3.63, 3.8) is 0 Å². The van der Waals surface area contributed by atoms with Crippen LogP contribution in [0.5, 0.6) is 0 Å². The second kappa shape index (κ2) is 6.97. The quantitative estimate of drug-likeness (QED) is 0.941. The molecule has 2 rings (SSSR count). The molecule has 0 fully saturated rings. The lowest BCUT2D eigenvalue weighted by Crippen LogP contribution is -2.32. The maximum atomic E-state index is 11.6. The molecule has 0 aliphatic carbocycles. The first-order chi connectivity index (χ1) is 10.9. The number of nitrogens with zero attached hydrogens (tertiary/aromatic N) is 3. The third kappa shape index (κ3) is 5.15. The zero-order valence-corrected chi connectivity index (χ0v) is 13.5. The molecule has 1 heterocycles. The molecule has 0 saturated heterocycles. The fourth-order valence-electron chi connectivity index (χ4n) is 2.01. The summed E-state index contributed by atoms with van der Waals surface area (Å²) in [5.41, 5.74) is 1.89. The highest BCUT2D eigenvalue weighted by Gasteiger charge is 2.15. The molecule has 0 aliphatic heterocycles. The number of rotatable bonds is 4. The molecule has 1 aromatic heterocycles. The topological polar surface area (TPSA) is 79.9 Å². The van der Waals surface area contributed by atoms with Crippen molar-refractivity contribution in [3.8, 4) is 6.07 Å². The molecule has 0 unspecified atom stereocenters. The number of alkyl carbamates (subject to hydrolysis) is 1. The maximum Gasteiger partial charge on any atom is 0.407 e. The predicted octanol–water partition coefficient (Wildman–Crippen LogP) is 2.83. The minimum atomic E-state index is -0.519. The number of carbonyl (C=O) groups is 1. The normalized spacial score (nSPS) is 10.9. The molecule has 1 aromatic carbocycles. The van der Waals surface area contributed by atoms with Crippen LogP contribution >= 0.6 is 0 Å². The highest BCUT2D eigenvalue weighted by atomic mass is 16.6. The number of hydrogen-bond donors (Lipinski definition) is 1. The van der Waals surface area contributed by atoms with Crippen molar-refractivity contribution in [1.29, 1.82) is 5.26 Å². The first-order valence-electron chi connectivity index (χ1n) is 7.33. The van der Waals surface area contributed by atoms with Gasteiger partial charge in [0.2, 0.25) is 0 Å². The summed E-state index contributed by atoms with van der Waals surface area (Å²) in [6, 6.07) is 9.58. The summed E-state index contributed by atoms with van der Waals surface area (Å²) in [5.74, 6) is 0. The number of aromatic nitrogens is 2. The Morgan fingerprint density at radius 3 is 2.83 bits per heavy atom. The van der Waals surface area contributed by atoms with Crippen molar-refractivity contribution in [3.05, 3.63) is 53.3 Å². The van der Waals surface area contributed by atoms with Crippen molar-refractivity contribution in [2.75, 3.05) is 0 Å². The number of carbonyl (C=O) groups excluding carboxylic acids is 1. The zero-order valence-electron chi connectivity index (χ0n) is 13.5. The fourth-order valence-corrected chi connectivity index (χ4v) is 2.01. The molecule has 6 heteroatoms. The van der Waals surface area contributed by atoms with Gasteiger partial charge in [-0.1, -0.05) is 18.2 Å². The molecule has 0 aliphatic rings. The Labute approximate surface area is 135 Å². The molecule has 0 bridgehead atoms. The Hall–Kier alpha value is -2.81. The van der Waals surface area contributed by atoms with Crippen LogP contribution in [0.3, 0.4) is 0 Å². The first-order valence-corrected chi connectivity index (χ1v) is 7.33. The van der Waals surface area contributed by atoms with Gasteiger partial charge in [-0.05, 0) is 32.4 Å². The van der Waals surface area contributed by atoms with E-state index in [1.54, 1.807) is 16.9 Å². The minimum Gasteiger partial charge on any atom is -0.444 e. The number of nitriles is 1. The van der Waals surface area contributed by atoms with Gasteiger partial charge in [0.1, 0.15) is 5.60 Å². The molecule has 0 saturated carbocycles. The Kier molecular flexibility index (Phi) is 5.02. The number of hydrogen-bond acceptors (Lipinski definition) is 4. The average Bonchev–Trinajstić information content (AvgIpc) is 2.91. The smallest absolute Gasteiger partial charge is 0.407 e. The van der Waals surface area contributed by atoms with E-state index in [1.807, 2.05) is 45.2 Å². The Balaban J connectivity index is 1.94. The molecule has 1 amide bonds. The molecule has 0 atom stereocenters. The fraction of sp³-hybridized carbons (Fsp3) is 0.353. The number of amides is 1. The lowest BCUT2D eigenvalue weighted by Gasteiger charge is -2.19. The van der Waals surface area contributed by atoms with E-state index in [0.717, 1.165) is 11.1 Å². The van der Waals surface area contributed by atoms with Crippen LogP contribution in [-0.2, 0) is 17.8 Å². The third-order valence-corrected chi connectivity index (χ3v) is 2.99. The predicted molar refractivity (Wildman–Crippen MR) is 85.6 cm³/mol. The Morgan fingerprint density at radius 2 is 2.13 bits per heavy atom. The average molecular weight is 312 g/mol. The van der Waals surface area contributed by atoms with Gasteiger partial charge >= 0.3 is 6.09 Å². The maximum absolute atomic E-state index is 11.6. The highest BCUT2D eigenvalue weighted by molar-refractivity contribution is 5.67. The van der Waals surface area contributed by atoms with Gasteiger partial charge in [-0.15, -0.1) is 0 Å². The molecule has 2 aromatic rings. The van der Waals surface area contributed by atoms with Gasteiger partial charge in [0.05, 0.1) is 24.4 Å². The van der Waals surface area contributed by atoms with Gasteiger partial charge < -0.3 is 10.1 Å². The van der Waals surface area contributed by atoms with Gasteiger partial charge in [0.25, 0.3) is 0 Å². The number of nitrogens with one attached hydrogen (secondary N) is 1. The minimum absolute atomic E-state index is 0.342. The van der Waals surface area contributed by atoms with Crippen LogP contribution in [0.15, 0.2) is 36.7 Å². The highest BCUT2D eigenvalue weighted by Crippen LogP contribution is 2.10. The van der Waals surface area contributed by atoms with Crippen molar-refractivity contribution in [2.45, 2.75) is 39.5 Å². The third-order valence-electron chi connectivity index (χ3n) is 2.99. The molecular weight excluding hydrogens is 292 g/mol. The Morgan fingerprint density at radius 1 is 1.39 bits per heavy atom. The van der Waals surface area contributed by atoms with Crippen LogP contribution < -0.4 is 5.32 Å². The molecule has 1 N–H and O–H groups in total. The van der Waals surface area contributed by atoms with Crippen molar-refractivity contribution in [1.82, 2.24) is 15.1 Å². The van der Waals surface area contributed by atoms with Gasteiger partial charge in [-0.25, -0.2) is 4.79 Å². The molecule has 120 valence electrons. The summed E-state index contributed by atoms with van der Waals surface area (Å²) < 4.78 is 6.92. The van der Waals surface area contributed by atoms with Gasteiger partial charge in [0, 0.05) is 18.3 Å². The van der Waals surface area contributed by atoms with E-state index in [2.05, 4.69) is 16.5 Å². The standard InChI is InChI=1S/C17H20N4O2/c1-17(2,3)23-16(22)19-9-13-10-20-21(11-13)12-15-7-5-4-6-14(15)8-18/h4-7,10-11H,9,12H2,1-3H3,(H,19,22). The largest absolute Gasteiger partial charge is 0.444 e. The number of benzene rings is 1. The molecule has 6 nitrogen and oxygen atoms in total. The monoisotopic (exact) mass is 312 g/mol. The van der Waals surface area contributed by atoms with Crippen LogP contribution in [0.1, 0.15) is 37.5 Å². The van der Waals surface area contributed by atoms with Crippen LogP contribution in [0.4, 0.5) is 4.79 Å². The summed E-state index contributed by atoms with van der Waals surface area (Å²) >= 11 is 0. The van der Waals surface area contributed by atoms with E-state index in [9.17, 15) is 4.79 Å². The summed E-state index contributed by atoms with van der Waals surface area (Å²) in [4.78, 5) is 11.6. The molecular formula is C17H20N4O2. The molecule has 0 radical (unpaired) electrons. The van der Waals surface area contributed by atoms with E-state index in [-0.39, 0.29) is 0 Å². The van der Waals surface area contributed by atoms with Gasteiger partial charge in [-0.3, -0.25) is 4.68 Å². The van der Waals surface area contributed by atoms with E-state index in [1.165, 1.54) is 0 Å². The Bertz CT molecular complexity index is 723. The lowest BCUT2D eigenvalue weighted by atomic mass is 10.1. The second-order valence-corrected chi connectivity index (χ2v) is 6.17. The summed E-state index contributed by atoms with van der Waals surface area (Å²) in [5, 5.41) is 16.0. The molecule has 23 heavy (non-hydrogen) atoms. The van der Waals surface area contributed by atoms with E-state index in [0.29, 0.717) is 18.7 Å². The van der Waals surface area contributed by atoms with Crippen LogP contribution in [0.2, 0.25) is 0 Å². The zero-order chi connectivity index (χ0) is 16.9.